The van der Waals surface area contributed by atoms with E-state index in [4.69, 9.17) is 4.52 Å². The predicted octanol–water partition coefficient (Wildman–Crippen LogP) is 1.63. The maximum atomic E-state index is 13.8. The summed E-state index contributed by atoms with van der Waals surface area (Å²) in [6.45, 7) is 2.26. The molecule has 0 radical (unpaired) electrons. The first-order valence-corrected chi connectivity index (χ1v) is 11.1. The van der Waals surface area contributed by atoms with Crippen LogP contribution in [0.3, 0.4) is 0 Å². The third-order valence-electron chi connectivity index (χ3n) is 5.72. The number of halogens is 1. The van der Waals surface area contributed by atoms with Gasteiger partial charge < -0.3 is 15.2 Å². The van der Waals surface area contributed by atoms with Gasteiger partial charge in [0.25, 0.3) is 0 Å². The number of aromatic nitrogens is 2. The molecule has 0 bridgehead atoms. The van der Waals surface area contributed by atoms with E-state index in [1.807, 2.05) is 0 Å². The molecule has 2 N–H and O–H groups in total. The van der Waals surface area contributed by atoms with Crippen LogP contribution in [0.25, 0.3) is 0 Å². The van der Waals surface area contributed by atoms with Crippen molar-refractivity contribution >= 4 is 21.7 Å². The molecule has 2 fully saturated rings. The van der Waals surface area contributed by atoms with E-state index in [9.17, 15) is 17.6 Å². The normalized spacial score (nSPS) is 27.0. The summed E-state index contributed by atoms with van der Waals surface area (Å²) >= 11 is 0. The number of aryl methyl sites for hydroxylation is 1. The molecule has 2 amide bonds. The van der Waals surface area contributed by atoms with Crippen LogP contribution in [0, 0.1) is 18.7 Å². The molecule has 0 spiro atoms. The summed E-state index contributed by atoms with van der Waals surface area (Å²) in [5.41, 5.74) is -0.561. The molecule has 29 heavy (non-hydrogen) atoms. The lowest BCUT2D eigenvalue weighted by atomic mass is 9.80. The molecule has 1 saturated carbocycles. The molecular weight excluding hydrogens is 401 g/mol. The van der Waals surface area contributed by atoms with Crippen LogP contribution in [0.2, 0.25) is 0 Å². The molecular formula is C18H22FN5O4S. The Morgan fingerprint density at radius 3 is 2.79 bits per heavy atom. The van der Waals surface area contributed by atoms with Crippen LogP contribution < -0.4 is 10.6 Å². The van der Waals surface area contributed by atoms with Gasteiger partial charge in [0.1, 0.15) is 5.82 Å². The minimum absolute atomic E-state index is 0.0733. The number of sulfonamides is 1. The molecule has 2 heterocycles. The van der Waals surface area contributed by atoms with Gasteiger partial charge in [-0.2, -0.15) is 4.98 Å². The van der Waals surface area contributed by atoms with Gasteiger partial charge in [0.15, 0.2) is 5.82 Å². The van der Waals surface area contributed by atoms with E-state index in [1.54, 1.807) is 19.1 Å². The minimum atomic E-state index is -3.37. The number of rotatable bonds is 4. The first kappa shape index (κ1) is 19.8. The van der Waals surface area contributed by atoms with Crippen LogP contribution in [0.15, 0.2) is 28.8 Å². The predicted molar refractivity (Wildman–Crippen MR) is 102 cm³/mol. The minimum Gasteiger partial charge on any atom is -0.339 e. The van der Waals surface area contributed by atoms with Crippen LogP contribution in [-0.4, -0.2) is 54.3 Å². The molecule has 2 aromatic rings. The fraction of sp³-hybridized carbons (Fsp3) is 0.500. The number of nitrogens with zero attached hydrogens (tertiary/aromatic N) is 3. The lowest BCUT2D eigenvalue weighted by Gasteiger charge is -2.24. The van der Waals surface area contributed by atoms with Gasteiger partial charge in [-0.15, -0.1) is 0 Å². The highest BCUT2D eigenvalue weighted by Gasteiger charge is 2.59. The highest BCUT2D eigenvalue weighted by atomic mass is 32.2. The van der Waals surface area contributed by atoms with Crippen LogP contribution >= 0.6 is 0 Å². The Morgan fingerprint density at radius 1 is 1.38 bits per heavy atom. The third kappa shape index (κ3) is 3.71. The smallest absolute Gasteiger partial charge is 0.319 e. The maximum absolute atomic E-state index is 13.8. The van der Waals surface area contributed by atoms with Crippen LogP contribution in [-0.2, 0) is 15.4 Å². The Hall–Kier alpha value is -2.53. The van der Waals surface area contributed by atoms with Crippen molar-refractivity contribution in [2.45, 2.75) is 31.2 Å². The summed E-state index contributed by atoms with van der Waals surface area (Å²) in [5, 5.41) is 9.23. The topological polar surface area (TPSA) is 117 Å². The van der Waals surface area contributed by atoms with Gasteiger partial charge in [0.2, 0.25) is 15.9 Å². The lowest BCUT2D eigenvalue weighted by molar-refractivity contribution is 0.244. The quantitative estimate of drug-likeness (QED) is 0.772. The second-order valence-corrected chi connectivity index (χ2v) is 9.75. The van der Waals surface area contributed by atoms with E-state index in [2.05, 4.69) is 20.8 Å². The van der Waals surface area contributed by atoms with E-state index in [0.29, 0.717) is 31.1 Å². The van der Waals surface area contributed by atoms with Gasteiger partial charge in [-0.25, -0.2) is 21.9 Å². The summed E-state index contributed by atoms with van der Waals surface area (Å²) < 4.78 is 44.8. The fourth-order valence-corrected chi connectivity index (χ4v) is 5.34. The SMILES string of the molecule is Cc1noc([C@]23C[C@H](NC(=O)Nc4ccccc4F)CC2CN(S(C)(=O)=O)C3)n1. The van der Waals surface area contributed by atoms with Crippen molar-refractivity contribution in [2.24, 2.45) is 5.92 Å². The summed E-state index contributed by atoms with van der Waals surface area (Å²) in [7, 11) is -3.37. The molecule has 2 aliphatic rings. The highest BCUT2D eigenvalue weighted by Crippen LogP contribution is 2.50. The van der Waals surface area contributed by atoms with E-state index in [-0.39, 0.29) is 24.2 Å². The Kier molecular flexibility index (Phi) is 4.82. The maximum Gasteiger partial charge on any atom is 0.319 e. The van der Waals surface area contributed by atoms with E-state index in [1.165, 1.54) is 22.7 Å². The lowest BCUT2D eigenvalue weighted by Crippen LogP contribution is -2.40. The molecule has 1 aromatic carbocycles. The number of benzene rings is 1. The Morgan fingerprint density at radius 2 is 2.14 bits per heavy atom. The second-order valence-electron chi connectivity index (χ2n) is 7.77. The summed E-state index contributed by atoms with van der Waals surface area (Å²) in [5.74, 6) is 0.271. The molecule has 3 atom stereocenters. The van der Waals surface area contributed by atoms with Crippen molar-refractivity contribution in [2.75, 3.05) is 24.7 Å². The number of nitrogens with one attached hydrogen (secondary N) is 2. The third-order valence-corrected chi connectivity index (χ3v) is 6.94. The van der Waals surface area contributed by atoms with Crippen molar-refractivity contribution < 1.29 is 22.1 Å². The van der Waals surface area contributed by atoms with E-state index < -0.39 is 27.3 Å². The average Bonchev–Trinajstić information content (AvgIpc) is 3.29. The van der Waals surface area contributed by atoms with Crippen LogP contribution in [0.4, 0.5) is 14.9 Å². The zero-order chi connectivity index (χ0) is 20.8. The number of fused-ring (bicyclic) bond motifs is 1. The number of urea groups is 1. The molecule has 1 unspecified atom stereocenters. The van der Waals surface area contributed by atoms with Gasteiger partial charge in [-0.05, 0) is 37.8 Å². The number of anilines is 1. The van der Waals surface area contributed by atoms with Crippen LogP contribution in [0.1, 0.15) is 24.6 Å². The first-order chi connectivity index (χ1) is 13.7. The molecule has 1 saturated heterocycles. The number of amides is 2. The fourth-order valence-electron chi connectivity index (χ4n) is 4.42. The first-order valence-electron chi connectivity index (χ1n) is 9.25. The van der Waals surface area contributed by atoms with Crippen molar-refractivity contribution in [1.29, 1.82) is 0 Å². The zero-order valence-electron chi connectivity index (χ0n) is 16.1. The summed E-state index contributed by atoms with van der Waals surface area (Å²) in [4.78, 5) is 16.7. The van der Waals surface area contributed by atoms with Gasteiger partial charge in [0, 0.05) is 19.1 Å². The largest absolute Gasteiger partial charge is 0.339 e. The van der Waals surface area contributed by atoms with Gasteiger partial charge >= 0.3 is 6.03 Å². The summed E-state index contributed by atoms with van der Waals surface area (Å²) in [6.07, 6.45) is 2.19. The van der Waals surface area contributed by atoms with Crippen molar-refractivity contribution in [3.63, 3.8) is 0 Å². The standard InChI is InChI=1S/C18H22FN5O4S/c1-11-20-16(28-23-11)18-8-13(7-12(18)9-24(10-18)29(2,26)27)21-17(25)22-15-6-4-3-5-14(15)19/h3-6,12-13H,7-10H2,1-2H3,(H2,21,22,25)/t12?,13-,18+/m1/s1. The number of hydrogen-bond acceptors (Lipinski definition) is 6. The van der Waals surface area contributed by atoms with Crippen molar-refractivity contribution in [3.8, 4) is 0 Å². The zero-order valence-corrected chi connectivity index (χ0v) is 16.9. The van der Waals surface area contributed by atoms with E-state index in [0.717, 1.165) is 0 Å². The number of hydrogen-bond donors (Lipinski definition) is 2. The Bertz CT molecular complexity index is 1040. The highest BCUT2D eigenvalue weighted by molar-refractivity contribution is 7.88. The molecule has 1 aromatic heterocycles. The molecule has 11 heteroatoms. The van der Waals surface area contributed by atoms with Gasteiger partial charge in [-0.1, -0.05) is 17.3 Å². The molecule has 4 rings (SSSR count). The Labute approximate surface area is 167 Å². The molecule has 1 aliphatic carbocycles. The second kappa shape index (κ2) is 7.06. The summed E-state index contributed by atoms with van der Waals surface area (Å²) in [6, 6.07) is 5.16. The van der Waals surface area contributed by atoms with Crippen LogP contribution in [0.5, 0.6) is 0 Å². The molecule has 156 valence electrons. The van der Waals surface area contributed by atoms with E-state index >= 15 is 0 Å². The van der Waals surface area contributed by atoms with Crippen molar-refractivity contribution in [3.05, 3.63) is 41.8 Å². The monoisotopic (exact) mass is 423 g/mol. The average molecular weight is 423 g/mol. The number of carbonyl (C=O) groups is 1. The van der Waals surface area contributed by atoms with Gasteiger partial charge in [-0.3, -0.25) is 0 Å². The molecule has 9 nitrogen and oxygen atoms in total. The van der Waals surface area contributed by atoms with Gasteiger partial charge in [0.05, 0.1) is 17.4 Å². The molecule has 1 aliphatic heterocycles. The number of carbonyl (C=O) groups excluding carboxylic acids is 1. The Balaban J connectivity index is 1.52. The van der Waals surface area contributed by atoms with Crippen molar-refractivity contribution in [1.82, 2.24) is 19.8 Å². The number of para-hydroxylation sites is 1.